The van der Waals surface area contributed by atoms with Gasteiger partial charge in [-0.2, -0.15) is 0 Å². The SMILES string of the molecule is COc1cc(C=CC(=O)OCC2OC(OC3(COC4(COC5(CO)OC(CO)C(O)C5OC(=O)C=Cc5ccc(O)c(OC)c5)OC(CO)C(O)C4O)OC(CO)C(O)C3O)C(O)C(O)C2O)ccc1O. The van der Waals surface area contributed by atoms with E-state index in [0.717, 1.165) is 12.2 Å². The molecule has 4 saturated heterocycles. The molecule has 0 aromatic heterocycles. The quantitative estimate of drug-likeness (QED) is 0.0409. The number of methoxy groups -OCH3 is 2. The molecule has 71 heavy (non-hydrogen) atoms. The maximum atomic E-state index is 13.2. The third kappa shape index (κ3) is 11.7. The molecular formula is C44H58O27. The van der Waals surface area contributed by atoms with Crippen molar-refractivity contribution >= 4 is 24.1 Å². The molecule has 0 bridgehead atoms. The summed E-state index contributed by atoms with van der Waals surface area (Å²) in [5.74, 6) is -10.6. The van der Waals surface area contributed by atoms with Crippen LogP contribution in [0, 0.1) is 0 Å². The number of aromatic hydroxyl groups is 2. The van der Waals surface area contributed by atoms with Crippen molar-refractivity contribution < 1.29 is 133 Å². The van der Waals surface area contributed by atoms with Gasteiger partial charge in [0.25, 0.3) is 0 Å². The first-order valence-electron chi connectivity index (χ1n) is 21.8. The Bertz CT molecular complexity index is 2180. The van der Waals surface area contributed by atoms with Gasteiger partial charge in [0.15, 0.2) is 35.4 Å². The van der Waals surface area contributed by atoms with Crippen LogP contribution in [-0.4, -0.2) is 247 Å². The second-order valence-corrected chi connectivity index (χ2v) is 16.7. The highest BCUT2D eigenvalue weighted by molar-refractivity contribution is 5.88. The molecule has 27 nitrogen and oxygen atoms in total. The average molecular weight is 1020 g/mol. The largest absolute Gasteiger partial charge is 0.504 e. The highest BCUT2D eigenvalue weighted by Gasteiger charge is 2.64. The van der Waals surface area contributed by atoms with Gasteiger partial charge in [-0.05, 0) is 47.5 Å². The van der Waals surface area contributed by atoms with Crippen LogP contribution in [0.2, 0.25) is 0 Å². The van der Waals surface area contributed by atoms with Gasteiger partial charge < -0.3 is 124 Å². The number of rotatable bonds is 21. The molecule has 0 radical (unpaired) electrons. The number of aliphatic hydroxyl groups is 12. The first-order chi connectivity index (χ1) is 33.7. The van der Waals surface area contributed by atoms with Crippen molar-refractivity contribution in [3.05, 3.63) is 59.7 Å². The second-order valence-electron chi connectivity index (χ2n) is 16.7. The van der Waals surface area contributed by atoms with Crippen LogP contribution in [0.15, 0.2) is 48.6 Å². The van der Waals surface area contributed by atoms with Gasteiger partial charge in [-0.1, -0.05) is 12.1 Å². The summed E-state index contributed by atoms with van der Waals surface area (Å²) < 4.78 is 61.3. The van der Waals surface area contributed by atoms with Crippen LogP contribution in [0.4, 0.5) is 0 Å². The predicted octanol–water partition coefficient (Wildman–Crippen LogP) is -5.79. The van der Waals surface area contributed by atoms with E-state index in [1.54, 1.807) is 0 Å². The van der Waals surface area contributed by atoms with Gasteiger partial charge in [0.2, 0.25) is 17.4 Å². The number of carbonyl (C=O) groups is 2. The molecular weight excluding hydrogens is 960 g/mol. The summed E-state index contributed by atoms with van der Waals surface area (Å²) >= 11 is 0. The maximum absolute atomic E-state index is 13.2. The van der Waals surface area contributed by atoms with Crippen molar-refractivity contribution in [3.63, 3.8) is 0 Å². The molecule has 0 aliphatic carbocycles. The number of phenolic OH excluding ortho intramolecular Hbond substituents is 2. The summed E-state index contributed by atoms with van der Waals surface area (Å²) in [5, 5.41) is 149. The molecule has 27 heteroatoms. The summed E-state index contributed by atoms with van der Waals surface area (Å²) in [6.07, 6.45) is -23.2. The fourth-order valence-electron chi connectivity index (χ4n) is 8.08. The zero-order valence-corrected chi connectivity index (χ0v) is 37.9. The van der Waals surface area contributed by atoms with Gasteiger partial charge in [0.1, 0.15) is 99.7 Å². The molecule has 6 rings (SSSR count). The van der Waals surface area contributed by atoms with Gasteiger partial charge in [0, 0.05) is 12.2 Å². The number of phenols is 2. The lowest BCUT2D eigenvalue weighted by Gasteiger charge is -2.45. The number of hydrogen-bond donors (Lipinski definition) is 14. The highest BCUT2D eigenvalue weighted by Crippen LogP contribution is 2.43. The smallest absolute Gasteiger partial charge is 0.331 e. The lowest BCUT2D eigenvalue weighted by atomic mass is 9.98. The predicted molar refractivity (Wildman–Crippen MR) is 229 cm³/mol. The lowest BCUT2D eigenvalue weighted by molar-refractivity contribution is -0.404. The Kier molecular flexibility index (Phi) is 18.4. The van der Waals surface area contributed by atoms with E-state index in [1.165, 1.54) is 62.8 Å². The average Bonchev–Trinajstić information content (AvgIpc) is 3.89. The fourth-order valence-corrected chi connectivity index (χ4v) is 8.08. The number of ether oxygens (including phenoxy) is 11. The normalized spacial score (nSPS) is 37.2. The van der Waals surface area contributed by atoms with Crippen molar-refractivity contribution in [2.24, 2.45) is 0 Å². The van der Waals surface area contributed by atoms with Crippen LogP contribution in [0.3, 0.4) is 0 Å². The van der Waals surface area contributed by atoms with Crippen molar-refractivity contribution in [2.75, 3.05) is 60.5 Å². The molecule has 17 atom stereocenters. The number of benzene rings is 2. The third-order valence-electron chi connectivity index (χ3n) is 12.1. The number of carbonyl (C=O) groups excluding carboxylic acids is 2. The van der Waals surface area contributed by atoms with Crippen LogP contribution in [0.1, 0.15) is 11.1 Å². The van der Waals surface area contributed by atoms with E-state index < -0.39 is 161 Å². The van der Waals surface area contributed by atoms with Crippen LogP contribution in [0.25, 0.3) is 12.2 Å². The molecule has 0 amide bonds. The minimum Gasteiger partial charge on any atom is -0.504 e. The molecule has 0 spiro atoms. The van der Waals surface area contributed by atoms with Crippen molar-refractivity contribution in [3.8, 4) is 23.0 Å². The van der Waals surface area contributed by atoms with E-state index in [4.69, 9.17) is 52.1 Å². The molecule has 2 aromatic carbocycles. The summed E-state index contributed by atoms with van der Waals surface area (Å²) in [5.41, 5.74) is 0.751. The summed E-state index contributed by atoms with van der Waals surface area (Å²) in [7, 11) is 2.61. The number of hydrogen-bond acceptors (Lipinski definition) is 27. The zero-order valence-electron chi connectivity index (χ0n) is 37.9. The lowest BCUT2D eigenvalue weighted by Crippen LogP contribution is -2.64. The van der Waals surface area contributed by atoms with Crippen LogP contribution in [-0.2, 0) is 52.2 Å². The van der Waals surface area contributed by atoms with Crippen LogP contribution in [0.5, 0.6) is 23.0 Å². The van der Waals surface area contributed by atoms with Crippen molar-refractivity contribution in [2.45, 2.75) is 103 Å². The van der Waals surface area contributed by atoms with Crippen LogP contribution >= 0.6 is 0 Å². The molecule has 0 saturated carbocycles. The Morgan fingerprint density at radius 3 is 1.59 bits per heavy atom. The molecule has 17 unspecified atom stereocenters. The summed E-state index contributed by atoms with van der Waals surface area (Å²) in [4.78, 5) is 25.8. The first kappa shape index (κ1) is 55.6. The topological polar surface area (TPSA) is 419 Å². The molecule has 14 N–H and O–H groups in total. The highest BCUT2D eigenvalue weighted by atomic mass is 16.8. The van der Waals surface area contributed by atoms with Gasteiger partial charge in [-0.3, -0.25) is 0 Å². The van der Waals surface area contributed by atoms with Gasteiger partial charge in [-0.25, -0.2) is 9.59 Å². The fraction of sp³-hybridized carbons (Fsp3) is 0.591. The van der Waals surface area contributed by atoms with Crippen molar-refractivity contribution in [1.29, 1.82) is 0 Å². The number of esters is 2. The van der Waals surface area contributed by atoms with E-state index in [0.29, 0.717) is 11.1 Å². The van der Waals surface area contributed by atoms with Crippen molar-refractivity contribution in [1.82, 2.24) is 0 Å². The molecule has 4 aliphatic heterocycles. The summed E-state index contributed by atoms with van der Waals surface area (Å²) in [6, 6.07) is 8.26. The number of aliphatic hydroxyl groups excluding tert-OH is 12. The van der Waals surface area contributed by atoms with E-state index in [-0.39, 0.29) is 23.0 Å². The standard InChI is InChI=1S/C44H58O27/c1-61-24-11-20(3-7-22(24)49)5-9-30(51)63-16-29-32(53)36(57)37(58)41(66-29)71-44(39(60)34(55)27(14-46)70-44)19-65-43(38(59)33(54)26(13-45)69-43)18-64-42(17-48)40(35(56)28(15-47)68-42)67-31(52)10-6-21-4-8-23(50)25(12-21)62-2/h3-12,26-29,32-41,45-50,53-60H,13-19H2,1-2H3. The van der Waals surface area contributed by atoms with Crippen LogP contribution < -0.4 is 9.47 Å². The van der Waals surface area contributed by atoms with Gasteiger partial charge in [0.05, 0.1) is 34.0 Å². The molecule has 396 valence electrons. The zero-order chi connectivity index (χ0) is 52.0. The Hall–Kier alpha value is -4.70. The Labute approximate surface area is 402 Å². The minimum absolute atomic E-state index is 0.0678. The first-order valence-corrected chi connectivity index (χ1v) is 21.8. The van der Waals surface area contributed by atoms with E-state index in [1.807, 2.05) is 0 Å². The maximum Gasteiger partial charge on any atom is 0.331 e. The third-order valence-corrected chi connectivity index (χ3v) is 12.1. The second kappa shape index (κ2) is 23.4. The Morgan fingerprint density at radius 2 is 1.07 bits per heavy atom. The van der Waals surface area contributed by atoms with E-state index in [2.05, 4.69) is 0 Å². The van der Waals surface area contributed by atoms with Gasteiger partial charge >= 0.3 is 11.9 Å². The van der Waals surface area contributed by atoms with Gasteiger partial charge in [-0.15, -0.1) is 0 Å². The minimum atomic E-state index is -2.85. The molecule has 4 heterocycles. The molecule has 4 fully saturated rings. The monoisotopic (exact) mass is 1020 g/mol. The summed E-state index contributed by atoms with van der Waals surface area (Å²) in [6.45, 7) is -7.50. The van der Waals surface area contributed by atoms with E-state index >= 15 is 0 Å². The molecule has 4 aliphatic rings. The molecule has 2 aromatic rings. The Morgan fingerprint density at radius 1 is 0.592 bits per heavy atom. The van der Waals surface area contributed by atoms with E-state index in [9.17, 15) is 81.1 Å². The Balaban J connectivity index is 1.23.